The van der Waals surface area contributed by atoms with Gasteiger partial charge in [-0.15, -0.1) is 0 Å². The van der Waals surface area contributed by atoms with E-state index in [4.69, 9.17) is 0 Å². The number of halogens is 2. The van der Waals surface area contributed by atoms with Gasteiger partial charge in [0, 0.05) is 29.3 Å². The molecule has 1 aliphatic rings. The Morgan fingerprint density at radius 1 is 0.944 bits per heavy atom. The number of nitrogens with one attached hydrogen (secondary N) is 2. The second-order valence-corrected chi connectivity index (χ2v) is 8.33. The second-order valence-electron chi connectivity index (χ2n) is 8.33. The van der Waals surface area contributed by atoms with Gasteiger partial charge in [0.15, 0.2) is 0 Å². The van der Waals surface area contributed by atoms with Gasteiger partial charge in [-0.3, -0.25) is 9.59 Å². The van der Waals surface area contributed by atoms with Gasteiger partial charge in [0.25, 0.3) is 5.91 Å². The molecule has 9 heteroatoms. The highest BCUT2D eigenvalue weighted by Crippen LogP contribution is 2.22. The van der Waals surface area contributed by atoms with Crippen LogP contribution in [0.25, 0.3) is 17.0 Å². The number of hydrogen-bond donors (Lipinski definition) is 2. The van der Waals surface area contributed by atoms with Crippen LogP contribution in [-0.4, -0.2) is 33.9 Å². The zero-order chi connectivity index (χ0) is 25.2. The summed E-state index contributed by atoms with van der Waals surface area (Å²) in [6.07, 6.45) is 3.44. The lowest BCUT2D eigenvalue weighted by molar-refractivity contribution is -0.127. The van der Waals surface area contributed by atoms with Crippen molar-refractivity contribution in [1.82, 2.24) is 14.8 Å². The number of anilines is 1. The van der Waals surface area contributed by atoms with Crippen molar-refractivity contribution >= 4 is 40.5 Å². The molecule has 0 spiro atoms. The lowest BCUT2D eigenvalue weighted by Gasteiger charge is -2.11. The third-order valence-corrected chi connectivity index (χ3v) is 5.74. The fourth-order valence-corrected chi connectivity index (χ4v) is 4.04. The standard InChI is InChI=1S/C27H20F2N4O3/c28-20-5-7-22(8-6-20)30-25(34)16-33-26(35)23(31-27(33)36)14-17-4-9-24-19(12-17)10-11-32(24)15-18-2-1-3-21(29)13-18/h1-14H,15-16H2,(H,30,34)(H,31,36)/b23-14+. The van der Waals surface area contributed by atoms with E-state index in [9.17, 15) is 23.2 Å². The predicted molar refractivity (Wildman–Crippen MR) is 131 cm³/mol. The first-order valence-electron chi connectivity index (χ1n) is 11.1. The van der Waals surface area contributed by atoms with E-state index in [1.54, 1.807) is 18.2 Å². The van der Waals surface area contributed by atoms with Crippen molar-refractivity contribution in [3.63, 3.8) is 0 Å². The summed E-state index contributed by atoms with van der Waals surface area (Å²) in [6.45, 7) is 0.0204. The van der Waals surface area contributed by atoms with Crippen molar-refractivity contribution in [2.45, 2.75) is 6.54 Å². The summed E-state index contributed by atoms with van der Waals surface area (Å²) >= 11 is 0. The lowest BCUT2D eigenvalue weighted by atomic mass is 10.1. The summed E-state index contributed by atoms with van der Waals surface area (Å²) in [5.74, 6) is -1.95. The van der Waals surface area contributed by atoms with Gasteiger partial charge in [0.1, 0.15) is 23.9 Å². The number of fused-ring (bicyclic) bond motifs is 1. The molecule has 7 nitrogen and oxygen atoms in total. The molecule has 0 atom stereocenters. The molecule has 0 aliphatic carbocycles. The molecule has 0 bridgehead atoms. The summed E-state index contributed by atoms with van der Waals surface area (Å²) in [5.41, 5.74) is 2.85. The van der Waals surface area contributed by atoms with E-state index < -0.39 is 30.2 Å². The third-order valence-electron chi connectivity index (χ3n) is 5.74. The molecule has 4 aromatic rings. The van der Waals surface area contributed by atoms with Gasteiger partial charge in [-0.1, -0.05) is 18.2 Å². The van der Waals surface area contributed by atoms with E-state index in [0.29, 0.717) is 17.8 Å². The Morgan fingerprint density at radius 3 is 2.53 bits per heavy atom. The summed E-state index contributed by atoms with van der Waals surface area (Å²) in [5, 5.41) is 5.93. The summed E-state index contributed by atoms with van der Waals surface area (Å²) in [4.78, 5) is 38.2. The Kier molecular flexibility index (Phi) is 6.03. The zero-order valence-electron chi connectivity index (χ0n) is 18.9. The molecule has 1 aliphatic heterocycles. The maximum absolute atomic E-state index is 13.5. The number of amides is 4. The first-order chi connectivity index (χ1) is 17.4. The molecule has 2 N–H and O–H groups in total. The molecule has 5 rings (SSSR count). The number of aromatic nitrogens is 1. The zero-order valence-corrected chi connectivity index (χ0v) is 18.9. The molecule has 0 unspecified atom stereocenters. The van der Waals surface area contributed by atoms with Crippen LogP contribution in [0.15, 0.2) is 84.7 Å². The van der Waals surface area contributed by atoms with Crippen LogP contribution >= 0.6 is 0 Å². The van der Waals surface area contributed by atoms with E-state index >= 15 is 0 Å². The van der Waals surface area contributed by atoms with Gasteiger partial charge >= 0.3 is 6.03 Å². The molecule has 1 fully saturated rings. The minimum absolute atomic E-state index is 0.0492. The average molecular weight is 486 g/mol. The Hall–Kier alpha value is -4.79. The Bertz CT molecular complexity index is 1530. The highest BCUT2D eigenvalue weighted by Gasteiger charge is 2.34. The van der Waals surface area contributed by atoms with Crippen LogP contribution in [0.1, 0.15) is 11.1 Å². The number of urea groups is 1. The predicted octanol–water partition coefficient (Wildman–Crippen LogP) is 4.50. The Morgan fingerprint density at radius 2 is 1.75 bits per heavy atom. The van der Waals surface area contributed by atoms with E-state index in [0.717, 1.165) is 21.4 Å². The number of rotatable bonds is 6. The molecule has 1 saturated heterocycles. The van der Waals surface area contributed by atoms with Crippen LogP contribution < -0.4 is 10.6 Å². The molecule has 3 aromatic carbocycles. The summed E-state index contributed by atoms with van der Waals surface area (Å²) in [7, 11) is 0. The van der Waals surface area contributed by atoms with Crippen LogP contribution in [-0.2, 0) is 16.1 Å². The normalized spacial score (nSPS) is 14.5. The maximum atomic E-state index is 13.5. The maximum Gasteiger partial charge on any atom is 0.329 e. The number of hydrogen-bond acceptors (Lipinski definition) is 3. The molecule has 0 saturated carbocycles. The van der Waals surface area contributed by atoms with Gasteiger partial charge in [0.2, 0.25) is 5.91 Å². The molecule has 2 heterocycles. The molecule has 180 valence electrons. The molecule has 4 amide bonds. The van der Waals surface area contributed by atoms with Crippen LogP contribution in [0.5, 0.6) is 0 Å². The Balaban J connectivity index is 1.29. The average Bonchev–Trinajstić information content (AvgIpc) is 3.36. The largest absolute Gasteiger partial charge is 0.343 e. The molecular weight excluding hydrogens is 466 g/mol. The van der Waals surface area contributed by atoms with E-state index in [2.05, 4.69) is 10.6 Å². The highest BCUT2D eigenvalue weighted by molar-refractivity contribution is 6.16. The van der Waals surface area contributed by atoms with Gasteiger partial charge < -0.3 is 15.2 Å². The smallest absolute Gasteiger partial charge is 0.329 e. The van der Waals surface area contributed by atoms with E-state index in [-0.39, 0.29) is 11.5 Å². The van der Waals surface area contributed by atoms with Crippen molar-refractivity contribution in [2.75, 3.05) is 11.9 Å². The SMILES string of the molecule is O=C(CN1C(=O)N/C(=C/c2ccc3c(ccn3Cc3cccc(F)c3)c2)C1=O)Nc1ccc(F)cc1. The van der Waals surface area contributed by atoms with E-state index in [1.807, 2.05) is 35.0 Å². The topological polar surface area (TPSA) is 83.4 Å². The minimum Gasteiger partial charge on any atom is -0.343 e. The summed E-state index contributed by atoms with van der Waals surface area (Å²) in [6, 6.07) is 18.3. The fraction of sp³-hybridized carbons (Fsp3) is 0.0741. The number of carbonyl (C=O) groups is 3. The van der Waals surface area contributed by atoms with Crippen molar-refractivity contribution < 1.29 is 23.2 Å². The Labute approximate surface area is 204 Å². The first-order valence-corrected chi connectivity index (χ1v) is 11.1. The van der Waals surface area contributed by atoms with Crippen molar-refractivity contribution in [2.24, 2.45) is 0 Å². The minimum atomic E-state index is -0.706. The fourth-order valence-electron chi connectivity index (χ4n) is 4.04. The van der Waals surface area contributed by atoms with Crippen molar-refractivity contribution in [1.29, 1.82) is 0 Å². The van der Waals surface area contributed by atoms with Gasteiger partial charge in [-0.2, -0.15) is 0 Å². The number of carbonyl (C=O) groups excluding carboxylic acids is 3. The second kappa shape index (κ2) is 9.46. The third kappa shape index (κ3) is 4.85. The quantitative estimate of drug-likeness (QED) is 0.311. The lowest BCUT2D eigenvalue weighted by Crippen LogP contribution is -2.38. The number of imide groups is 1. The van der Waals surface area contributed by atoms with Gasteiger partial charge in [-0.05, 0) is 71.8 Å². The highest BCUT2D eigenvalue weighted by atomic mass is 19.1. The van der Waals surface area contributed by atoms with Crippen molar-refractivity contribution in [3.05, 3.63) is 107 Å². The number of benzene rings is 3. The van der Waals surface area contributed by atoms with Crippen LogP contribution in [0.3, 0.4) is 0 Å². The van der Waals surface area contributed by atoms with Crippen LogP contribution in [0, 0.1) is 11.6 Å². The monoisotopic (exact) mass is 486 g/mol. The van der Waals surface area contributed by atoms with Crippen LogP contribution in [0.4, 0.5) is 19.3 Å². The van der Waals surface area contributed by atoms with Gasteiger partial charge in [0.05, 0.1) is 0 Å². The number of nitrogens with zero attached hydrogens (tertiary/aromatic N) is 2. The van der Waals surface area contributed by atoms with Crippen molar-refractivity contribution in [3.8, 4) is 0 Å². The van der Waals surface area contributed by atoms with Gasteiger partial charge in [-0.25, -0.2) is 18.5 Å². The first kappa shape index (κ1) is 23.0. The summed E-state index contributed by atoms with van der Waals surface area (Å²) < 4.78 is 28.5. The molecule has 36 heavy (non-hydrogen) atoms. The van der Waals surface area contributed by atoms with E-state index in [1.165, 1.54) is 36.4 Å². The molecular formula is C27H20F2N4O3. The van der Waals surface area contributed by atoms with Crippen LogP contribution in [0.2, 0.25) is 0 Å². The molecule has 1 aromatic heterocycles. The molecule has 0 radical (unpaired) electrons.